The summed E-state index contributed by atoms with van der Waals surface area (Å²) >= 11 is 0. The van der Waals surface area contributed by atoms with Gasteiger partial charge in [0.1, 0.15) is 6.61 Å². The molecule has 0 aliphatic carbocycles. The van der Waals surface area contributed by atoms with E-state index in [0.29, 0.717) is 0 Å². The molecule has 0 unspecified atom stereocenters. The molecular formula is C17H17NO4. The van der Waals surface area contributed by atoms with Crippen LogP contribution >= 0.6 is 0 Å². The van der Waals surface area contributed by atoms with Gasteiger partial charge in [0, 0.05) is 11.6 Å². The highest BCUT2D eigenvalue weighted by molar-refractivity contribution is 6.17. The van der Waals surface area contributed by atoms with Crippen molar-refractivity contribution in [3.63, 3.8) is 0 Å². The maximum Gasteiger partial charge on any atom is 0.310 e. The van der Waals surface area contributed by atoms with Crippen LogP contribution in [0.25, 0.3) is 6.08 Å². The number of carbonyl (C=O) groups excluding carboxylic acids is 3. The van der Waals surface area contributed by atoms with Crippen molar-refractivity contribution in [1.82, 2.24) is 5.32 Å². The largest absolute Gasteiger partial charge is 0.461 e. The van der Waals surface area contributed by atoms with Crippen LogP contribution in [0.15, 0.2) is 36.4 Å². The molecule has 2 rings (SSSR count). The monoisotopic (exact) mass is 299 g/mol. The van der Waals surface area contributed by atoms with Crippen LogP contribution in [-0.4, -0.2) is 17.8 Å². The minimum atomic E-state index is -0.540. The van der Waals surface area contributed by atoms with E-state index in [4.69, 9.17) is 4.74 Å². The smallest absolute Gasteiger partial charge is 0.310 e. The number of amides is 2. The van der Waals surface area contributed by atoms with E-state index in [1.54, 1.807) is 6.08 Å². The molecule has 0 atom stereocenters. The van der Waals surface area contributed by atoms with Crippen molar-refractivity contribution < 1.29 is 19.1 Å². The number of ether oxygens (including phenoxy) is 1. The molecule has 5 heteroatoms. The zero-order chi connectivity index (χ0) is 16.1. The summed E-state index contributed by atoms with van der Waals surface area (Å²) in [5, 5.41) is 2.09. The van der Waals surface area contributed by atoms with Crippen LogP contribution in [0, 0.1) is 0 Å². The molecule has 1 aromatic carbocycles. The number of nitrogens with one attached hydrogen (secondary N) is 1. The molecule has 1 heterocycles. The summed E-state index contributed by atoms with van der Waals surface area (Å²) in [5.74, 6) is -1.58. The second-order valence-corrected chi connectivity index (χ2v) is 4.92. The average molecular weight is 299 g/mol. The van der Waals surface area contributed by atoms with Crippen molar-refractivity contribution in [2.45, 2.75) is 26.4 Å². The van der Waals surface area contributed by atoms with E-state index in [2.05, 4.69) is 11.9 Å². The van der Waals surface area contributed by atoms with Crippen molar-refractivity contribution in [3.8, 4) is 0 Å². The average Bonchev–Trinajstić information content (AvgIpc) is 2.82. The number of hydrogen-bond donors (Lipinski definition) is 1. The molecule has 114 valence electrons. The third-order valence-electron chi connectivity index (χ3n) is 3.38. The van der Waals surface area contributed by atoms with Gasteiger partial charge in [0.2, 0.25) is 0 Å². The van der Waals surface area contributed by atoms with Crippen molar-refractivity contribution in [2.75, 3.05) is 0 Å². The van der Waals surface area contributed by atoms with Gasteiger partial charge in [-0.05, 0) is 23.1 Å². The fourth-order valence-corrected chi connectivity index (χ4v) is 2.21. The second-order valence-electron chi connectivity index (χ2n) is 4.92. The molecule has 0 fully saturated rings. The van der Waals surface area contributed by atoms with Crippen LogP contribution in [0.2, 0.25) is 0 Å². The summed E-state index contributed by atoms with van der Waals surface area (Å²) in [6.07, 6.45) is 3.57. The lowest BCUT2D eigenvalue weighted by atomic mass is 10.0. The van der Waals surface area contributed by atoms with E-state index in [1.165, 1.54) is 0 Å². The lowest BCUT2D eigenvalue weighted by Gasteiger charge is -2.08. The fourth-order valence-electron chi connectivity index (χ4n) is 2.21. The van der Waals surface area contributed by atoms with Crippen molar-refractivity contribution in [3.05, 3.63) is 53.1 Å². The van der Waals surface area contributed by atoms with Crippen LogP contribution in [-0.2, 0) is 32.1 Å². The Bertz CT molecular complexity index is 673. The summed E-state index contributed by atoms with van der Waals surface area (Å²) in [6.45, 7) is 5.93. The van der Waals surface area contributed by atoms with Gasteiger partial charge in [-0.15, -0.1) is 0 Å². The normalized spacial score (nSPS) is 13.6. The lowest BCUT2D eigenvalue weighted by Crippen LogP contribution is -2.23. The first-order chi connectivity index (χ1) is 10.5. The molecule has 1 aliphatic heterocycles. The Hall–Kier alpha value is -2.69. The number of rotatable bonds is 6. The fraction of sp³-hybridized carbons (Fsp3) is 0.235. The Morgan fingerprint density at radius 2 is 2.14 bits per heavy atom. The van der Waals surface area contributed by atoms with Gasteiger partial charge in [0.25, 0.3) is 11.8 Å². The Balaban J connectivity index is 1.94. The quantitative estimate of drug-likeness (QED) is 0.643. The maximum absolute atomic E-state index is 11.7. The molecule has 0 aromatic heterocycles. The van der Waals surface area contributed by atoms with Crippen LogP contribution < -0.4 is 5.32 Å². The topological polar surface area (TPSA) is 72.5 Å². The summed E-state index contributed by atoms with van der Waals surface area (Å²) in [5.41, 5.74) is 3.19. The van der Waals surface area contributed by atoms with Gasteiger partial charge in [0.05, 0.1) is 6.42 Å². The number of imide groups is 1. The molecule has 22 heavy (non-hydrogen) atoms. The summed E-state index contributed by atoms with van der Waals surface area (Å²) < 4.78 is 5.15. The van der Waals surface area contributed by atoms with Crippen LogP contribution in [0.4, 0.5) is 0 Å². The Morgan fingerprint density at radius 3 is 2.73 bits per heavy atom. The number of esters is 1. The first kappa shape index (κ1) is 15.7. The predicted molar refractivity (Wildman–Crippen MR) is 81.6 cm³/mol. The van der Waals surface area contributed by atoms with Gasteiger partial charge in [0.15, 0.2) is 0 Å². The van der Waals surface area contributed by atoms with Crippen LogP contribution in [0.3, 0.4) is 0 Å². The van der Waals surface area contributed by atoms with Crippen molar-refractivity contribution in [2.24, 2.45) is 0 Å². The second kappa shape index (κ2) is 6.85. The molecular weight excluding hydrogens is 282 g/mol. The molecule has 1 aliphatic rings. The van der Waals surface area contributed by atoms with Gasteiger partial charge in [-0.25, -0.2) is 0 Å². The van der Waals surface area contributed by atoms with Gasteiger partial charge < -0.3 is 4.74 Å². The third-order valence-corrected chi connectivity index (χ3v) is 3.38. The molecule has 0 radical (unpaired) electrons. The number of hydrogen-bond acceptors (Lipinski definition) is 4. The van der Waals surface area contributed by atoms with Crippen LogP contribution in [0.5, 0.6) is 0 Å². The summed E-state index contributed by atoms with van der Waals surface area (Å²) in [4.78, 5) is 34.0. The molecule has 0 saturated carbocycles. The number of aryl methyl sites for hydroxylation is 1. The maximum atomic E-state index is 11.7. The molecule has 0 bridgehead atoms. The zero-order valence-electron chi connectivity index (χ0n) is 12.3. The molecule has 1 aromatic rings. The van der Waals surface area contributed by atoms with Gasteiger partial charge >= 0.3 is 5.97 Å². The highest BCUT2D eigenvalue weighted by Crippen LogP contribution is 2.16. The molecule has 5 nitrogen and oxygen atoms in total. The minimum Gasteiger partial charge on any atom is -0.461 e. The first-order valence-electron chi connectivity index (χ1n) is 6.99. The Kier molecular flexibility index (Phi) is 4.88. The molecule has 0 spiro atoms. The van der Waals surface area contributed by atoms with E-state index in [0.717, 1.165) is 29.2 Å². The zero-order valence-corrected chi connectivity index (χ0v) is 12.3. The highest BCUT2D eigenvalue weighted by Gasteiger charge is 2.23. The summed E-state index contributed by atoms with van der Waals surface area (Å²) in [7, 11) is 0. The lowest BCUT2D eigenvalue weighted by molar-refractivity contribution is -0.144. The molecule has 0 saturated heterocycles. The van der Waals surface area contributed by atoms with Crippen molar-refractivity contribution >= 4 is 23.9 Å². The van der Waals surface area contributed by atoms with E-state index in [-0.39, 0.29) is 18.6 Å². The number of benzene rings is 1. The van der Waals surface area contributed by atoms with Crippen LogP contribution in [0.1, 0.15) is 30.0 Å². The van der Waals surface area contributed by atoms with Gasteiger partial charge in [-0.1, -0.05) is 37.8 Å². The van der Waals surface area contributed by atoms with Crippen molar-refractivity contribution in [1.29, 1.82) is 0 Å². The number of carbonyl (C=O) groups is 3. The molecule has 1 N–H and O–H groups in total. The van der Waals surface area contributed by atoms with E-state index < -0.39 is 17.8 Å². The van der Waals surface area contributed by atoms with Gasteiger partial charge in [-0.3, -0.25) is 19.7 Å². The standard InChI is InChI=1S/C17H17NO4/c1-3-12-6-5-11(7-13(12)4-2)10-22-16(20)9-14-8-15(19)18-17(14)21/h3,5-8H,1,4,9-10H2,2H3,(H,18,19,21). The van der Waals surface area contributed by atoms with E-state index in [1.807, 2.05) is 25.1 Å². The Labute approximate surface area is 128 Å². The first-order valence-corrected chi connectivity index (χ1v) is 6.99. The summed E-state index contributed by atoms with van der Waals surface area (Å²) in [6, 6.07) is 5.77. The predicted octanol–water partition coefficient (Wildman–Crippen LogP) is 1.91. The Morgan fingerprint density at radius 1 is 1.36 bits per heavy atom. The van der Waals surface area contributed by atoms with E-state index >= 15 is 0 Å². The molecule has 2 amide bonds. The van der Waals surface area contributed by atoms with Gasteiger partial charge in [-0.2, -0.15) is 0 Å². The SMILES string of the molecule is C=Cc1ccc(COC(=O)CC2=CC(=O)NC2=O)cc1CC. The highest BCUT2D eigenvalue weighted by atomic mass is 16.5. The minimum absolute atomic E-state index is 0.131. The third kappa shape index (κ3) is 3.69. The van der Waals surface area contributed by atoms with E-state index in [9.17, 15) is 14.4 Å².